The SMILES string of the molecule is Cc1ccc(Nc2ccnc(N)n2)cc1. The predicted octanol–water partition coefficient (Wildman–Crippen LogP) is 2.11. The van der Waals surface area contributed by atoms with Gasteiger partial charge in [0.2, 0.25) is 5.95 Å². The van der Waals surface area contributed by atoms with Crippen molar-refractivity contribution in [1.82, 2.24) is 9.97 Å². The maximum atomic E-state index is 5.47. The molecule has 0 atom stereocenters. The zero-order valence-corrected chi connectivity index (χ0v) is 8.44. The van der Waals surface area contributed by atoms with Gasteiger partial charge in [-0.3, -0.25) is 0 Å². The number of hydrogen-bond acceptors (Lipinski definition) is 4. The highest BCUT2D eigenvalue weighted by atomic mass is 15.1. The standard InChI is InChI=1S/C11H12N4/c1-8-2-4-9(5-3-8)14-10-6-7-13-11(12)15-10/h2-7H,1H3,(H3,12,13,14,15). The molecule has 0 aliphatic rings. The van der Waals surface area contributed by atoms with Crippen LogP contribution in [0.1, 0.15) is 5.56 Å². The van der Waals surface area contributed by atoms with Crippen LogP contribution in [0.2, 0.25) is 0 Å². The molecule has 4 nitrogen and oxygen atoms in total. The summed E-state index contributed by atoms with van der Waals surface area (Å²) in [4.78, 5) is 7.87. The van der Waals surface area contributed by atoms with Crippen molar-refractivity contribution in [3.8, 4) is 0 Å². The van der Waals surface area contributed by atoms with E-state index in [9.17, 15) is 0 Å². The summed E-state index contributed by atoms with van der Waals surface area (Å²) in [6.45, 7) is 2.05. The fourth-order valence-electron chi connectivity index (χ4n) is 1.23. The number of nitrogens with two attached hydrogens (primary N) is 1. The highest BCUT2D eigenvalue weighted by molar-refractivity contribution is 5.56. The van der Waals surface area contributed by atoms with Crippen molar-refractivity contribution in [1.29, 1.82) is 0 Å². The third-order valence-electron chi connectivity index (χ3n) is 2.00. The van der Waals surface area contributed by atoms with Crippen molar-refractivity contribution in [3.63, 3.8) is 0 Å². The molecule has 2 aromatic rings. The van der Waals surface area contributed by atoms with Crippen LogP contribution in [0.25, 0.3) is 0 Å². The summed E-state index contributed by atoms with van der Waals surface area (Å²) in [5.74, 6) is 0.971. The first-order valence-electron chi connectivity index (χ1n) is 4.66. The van der Waals surface area contributed by atoms with E-state index >= 15 is 0 Å². The van der Waals surface area contributed by atoms with E-state index in [-0.39, 0.29) is 5.95 Å². The monoisotopic (exact) mass is 200 g/mol. The van der Waals surface area contributed by atoms with E-state index in [4.69, 9.17) is 5.73 Å². The minimum Gasteiger partial charge on any atom is -0.368 e. The van der Waals surface area contributed by atoms with E-state index < -0.39 is 0 Å². The summed E-state index contributed by atoms with van der Waals surface area (Å²) in [6.07, 6.45) is 1.62. The summed E-state index contributed by atoms with van der Waals surface area (Å²) in [5, 5.41) is 3.14. The Balaban J connectivity index is 2.18. The summed E-state index contributed by atoms with van der Waals surface area (Å²) in [6, 6.07) is 9.83. The number of benzene rings is 1. The lowest BCUT2D eigenvalue weighted by atomic mass is 10.2. The van der Waals surface area contributed by atoms with Crippen molar-refractivity contribution >= 4 is 17.5 Å². The summed E-state index contributed by atoms with van der Waals surface area (Å²) >= 11 is 0. The Morgan fingerprint density at radius 3 is 2.53 bits per heavy atom. The Labute approximate surface area is 88.2 Å². The summed E-state index contributed by atoms with van der Waals surface area (Å²) < 4.78 is 0. The molecule has 15 heavy (non-hydrogen) atoms. The quantitative estimate of drug-likeness (QED) is 0.779. The van der Waals surface area contributed by atoms with Gasteiger partial charge in [0.25, 0.3) is 0 Å². The van der Waals surface area contributed by atoms with Crippen LogP contribution < -0.4 is 11.1 Å². The van der Waals surface area contributed by atoms with Crippen LogP contribution in [-0.4, -0.2) is 9.97 Å². The molecular weight excluding hydrogens is 188 g/mol. The molecule has 0 saturated carbocycles. The molecule has 2 rings (SSSR count). The van der Waals surface area contributed by atoms with Gasteiger partial charge in [0.15, 0.2) is 0 Å². The minimum absolute atomic E-state index is 0.270. The molecular formula is C11H12N4. The lowest BCUT2D eigenvalue weighted by molar-refractivity contribution is 1.18. The van der Waals surface area contributed by atoms with Crippen LogP contribution in [-0.2, 0) is 0 Å². The summed E-state index contributed by atoms with van der Waals surface area (Å²) in [7, 11) is 0. The molecule has 0 aliphatic carbocycles. The number of nitrogen functional groups attached to an aromatic ring is 1. The maximum Gasteiger partial charge on any atom is 0.221 e. The van der Waals surface area contributed by atoms with Crippen molar-refractivity contribution in [2.45, 2.75) is 6.92 Å². The Hall–Kier alpha value is -2.10. The third kappa shape index (κ3) is 2.43. The lowest BCUT2D eigenvalue weighted by Crippen LogP contribution is -1.98. The lowest BCUT2D eigenvalue weighted by Gasteiger charge is -2.05. The van der Waals surface area contributed by atoms with E-state index in [2.05, 4.69) is 15.3 Å². The zero-order valence-electron chi connectivity index (χ0n) is 8.44. The van der Waals surface area contributed by atoms with E-state index in [1.807, 2.05) is 31.2 Å². The second-order valence-electron chi connectivity index (χ2n) is 3.29. The molecule has 1 aromatic heterocycles. The maximum absolute atomic E-state index is 5.47. The van der Waals surface area contributed by atoms with Gasteiger partial charge in [-0.1, -0.05) is 17.7 Å². The minimum atomic E-state index is 0.270. The molecule has 0 saturated heterocycles. The fourth-order valence-corrected chi connectivity index (χ4v) is 1.23. The molecule has 76 valence electrons. The third-order valence-corrected chi connectivity index (χ3v) is 2.00. The number of nitrogens with one attached hydrogen (secondary N) is 1. The second kappa shape index (κ2) is 3.96. The Kier molecular flexibility index (Phi) is 2.49. The molecule has 1 aromatic carbocycles. The second-order valence-corrected chi connectivity index (χ2v) is 3.29. The first-order valence-corrected chi connectivity index (χ1v) is 4.66. The van der Waals surface area contributed by atoms with Crippen LogP contribution in [0.5, 0.6) is 0 Å². The first-order chi connectivity index (χ1) is 7.24. The first kappa shape index (κ1) is 9.45. The van der Waals surface area contributed by atoms with Crippen LogP contribution in [0.15, 0.2) is 36.5 Å². The molecule has 0 spiro atoms. The molecule has 0 fully saturated rings. The summed E-state index contributed by atoms with van der Waals surface area (Å²) in [5.41, 5.74) is 7.68. The number of nitrogens with zero attached hydrogens (tertiary/aromatic N) is 2. The number of rotatable bonds is 2. The van der Waals surface area contributed by atoms with E-state index in [0.29, 0.717) is 5.82 Å². The Morgan fingerprint density at radius 2 is 1.87 bits per heavy atom. The highest BCUT2D eigenvalue weighted by Gasteiger charge is 1.96. The van der Waals surface area contributed by atoms with Crippen molar-refractivity contribution in [2.24, 2.45) is 0 Å². The van der Waals surface area contributed by atoms with Crippen LogP contribution in [0.3, 0.4) is 0 Å². The van der Waals surface area contributed by atoms with Gasteiger partial charge in [-0.15, -0.1) is 0 Å². The average Bonchev–Trinajstić information content (AvgIpc) is 2.22. The molecule has 0 radical (unpaired) electrons. The number of aromatic nitrogens is 2. The van der Waals surface area contributed by atoms with Crippen molar-refractivity contribution in [2.75, 3.05) is 11.1 Å². The van der Waals surface area contributed by atoms with Gasteiger partial charge >= 0.3 is 0 Å². The Bertz CT molecular complexity index is 450. The molecule has 0 bridgehead atoms. The van der Waals surface area contributed by atoms with Gasteiger partial charge in [-0.2, -0.15) is 4.98 Å². The van der Waals surface area contributed by atoms with E-state index in [1.54, 1.807) is 12.3 Å². The van der Waals surface area contributed by atoms with Gasteiger partial charge in [-0.05, 0) is 25.1 Å². The molecule has 0 aliphatic heterocycles. The van der Waals surface area contributed by atoms with Crippen LogP contribution in [0.4, 0.5) is 17.5 Å². The highest BCUT2D eigenvalue weighted by Crippen LogP contribution is 2.14. The van der Waals surface area contributed by atoms with Gasteiger partial charge in [0, 0.05) is 11.9 Å². The molecule has 1 heterocycles. The van der Waals surface area contributed by atoms with Gasteiger partial charge in [0.1, 0.15) is 5.82 Å². The normalized spacial score (nSPS) is 9.93. The van der Waals surface area contributed by atoms with Crippen molar-refractivity contribution in [3.05, 3.63) is 42.1 Å². The molecule has 4 heteroatoms. The van der Waals surface area contributed by atoms with Gasteiger partial charge in [0.05, 0.1) is 0 Å². The van der Waals surface area contributed by atoms with E-state index in [1.165, 1.54) is 5.56 Å². The van der Waals surface area contributed by atoms with Gasteiger partial charge in [-0.25, -0.2) is 4.98 Å². The average molecular weight is 200 g/mol. The number of aryl methyl sites for hydroxylation is 1. The zero-order chi connectivity index (χ0) is 10.7. The molecule has 3 N–H and O–H groups in total. The van der Waals surface area contributed by atoms with E-state index in [0.717, 1.165) is 5.69 Å². The fraction of sp³-hybridized carbons (Fsp3) is 0.0909. The number of hydrogen-bond donors (Lipinski definition) is 2. The van der Waals surface area contributed by atoms with Crippen molar-refractivity contribution < 1.29 is 0 Å². The molecule has 0 unspecified atom stereocenters. The van der Waals surface area contributed by atoms with Gasteiger partial charge < -0.3 is 11.1 Å². The number of anilines is 3. The Morgan fingerprint density at radius 1 is 1.13 bits per heavy atom. The van der Waals surface area contributed by atoms with Crippen LogP contribution in [0, 0.1) is 6.92 Å². The topological polar surface area (TPSA) is 63.8 Å². The van der Waals surface area contributed by atoms with Crippen LogP contribution >= 0.6 is 0 Å². The molecule has 0 amide bonds. The largest absolute Gasteiger partial charge is 0.368 e. The predicted molar refractivity (Wildman–Crippen MR) is 60.9 cm³/mol. The smallest absolute Gasteiger partial charge is 0.221 e.